The molecule has 1 aliphatic rings. The van der Waals surface area contributed by atoms with Gasteiger partial charge in [-0.2, -0.15) is 0 Å². The van der Waals surface area contributed by atoms with E-state index in [0.717, 1.165) is 24.9 Å². The first kappa shape index (κ1) is 10.2. The molecule has 0 aliphatic heterocycles. The van der Waals surface area contributed by atoms with E-state index in [0.29, 0.717) is 0 Å². The van der Waals surface area contributed by atoms with Crippen LogP contribution in [-0.2, 0) is 17.6 Å². The molecule has 1 aliphatic carbocycles. The molecule has 2 rings (SSSR count). The van der Waals surface area contributed by atoms with E-state index in [1.807, 2.05) is 12.1 Å². The van der Waals surface area contributed by atoms with E-state index in [2.05, 4.69) is 11.4 Å². The molecule has 0 aromatic heterocycles. The number of anilines is 1. The maximum Gasteiger partial charge on any atom is 0.221 e. The van der Waals surface area contributed by atoms with Crippen LogP contribution in [0.15, 0.2) is 18.2 Å². The van der Waals surface area contributed by atoms with Gasteiger partial charge >= 0.3 is 0 Å². The van der Waals surface area contributed by atoms with E-state index in [-0.39, 0.29) is 11.9 Å². The maximum absolute atomic E-state index is 11.0. The fourth-order valence-corrected chi connectivity index (χ4v) is 2.14. The summed E-state index contributed by atoms with van der Waals surface area (Å²) >= 11 is 0. The fourth-order valence-electron chi connectivity index (χ4n) is 2.14. The van der Waals surface area contributed by atoms with Crippen molar-refractivity contribution >= 4 is 11.6 Å². The van der Waals surface area contributed by atoms with Gasteiger partial charge in [0, 0.05) is 18.7 Å². The average molecular weight is 204 g/mol. The molecular formula is C12H16N2O. The van der Waals surface area contributed by atoms with Gasteiger partial charge in [-0.25, -0.2) is 0 Å². The van der Waals surface area contributed by atoms with Crippen LogP contribution in [0.2, 0.25) is 0 Å². The number of rotatable bonds is 1. The highest BCUT2D eigenvalue weighted by Gasteiger charge is 2.17. The van der Waals surface area contributed by atoms with Crippen LogP contribution >= 0.6 is 0 Å². The van der Waals surface area contributed by atoms with Crippen LogP contribution in [-0.4, -0.2) is 11.9 Å². The van der Waals surface area contributed by atoms with E-state index in [1.54, 1.807) is 0 Å². The molecular weight excluding hydrogens is 188 g/mol. The molecule has 1 aromatic rings. The number of amides is 1. The van der Waals surface area contributed by atoms with E-state index >= 15 is 0 Å². The Bertz CT molecular complexity index is 387. The Balaban J connectivity index is 2.33. The van der Waals surface area contributed by atoms with Crippen molar-refractivity contribution < 1.29 is 4.79 Å². The van der Waals surface area contributed by atoms with Crippen LogP contribution in [0.5, 0.6) is 0 Å². The van der Waals surface area contributed by atoms with Gasteiger partial charge in [0.15, 0.2) is 0 Å². The molecule has 0 spiro atoms. The first-order chi connectivity index (χ1) is 7.16. The Morgan fingerprint density at radius 3 is 3.07 bits per heavy atom. The molecule has 0 saturated carbocycles. The number of nitrogens with two attached hydrogens (primary N) is 1. The Hall–Kier alpha value is -1.35. The number of carbonyl (C=O) groups is 1. The number of carbonyl (C=O) groups excluding carboxylic acids is 1. The van der Waals surface area contributed by atoms with Crippen LogP contribution in [0.1, 0.15) is 24.5 Å². The molecule has 3 heteroatoms. The van der Waals surface area contributed by atoms with Gasteiger partial charge in [-0.3, -0.25) is 4.79 Å². The number of fused-ring (bicyclic) bond motifs is 1. The monoisotopic (exact) mass is 204 g/mol. The van der Waals surface area contributed by atoms with Crippen LogP contribution < -0.4 is 11.1 Å². The van der Waals surface area contributed by atoms with Gasteiger partial charge in [-0.05, 0) is 36.5 Å². The summed E-state index contributed by atoms with van der Waals surface area (Å²) in [5, 5.41) is 2.87. The predicted octanol–water partition coefficient (Wildman–Crippen LogP) is 1.46. The molecule has 15 heavy (non-hydrogen) atoms. The quantitative estimate of drug-likeness (QED) is 0.727. The lowest BCUT2D eigenvalue weighted by molar-refractivity contribution is -0.114. The first-order valence-corrected chi connectivity index (χ1v) is 5.31. The minimum atomic E-state index is -0.0155. The molecule has 3 N–H and O–H groups in total. The molecule has 0 bridgehead atoms. The highest BCUT2D eigenvalue weighted by atomic mass is 16.1. The van der Waals surface area contributed by atoms with Crippen molar-refractivity contribution in [2.75, 3.05) is 5.32 Å². The van der Waals surface area contributed by atoms with Crippen molar-refractivity contribution in [1.82, 2.24) is 0 Å². The third-order valence-corrected chi connectivity index (χ3v) is 2.83. The molecule has 1 unspecified atom stereocenters. The summed E-state index contributed by atoms with van der Waals surface area (Å²) in [6, 6.07) is 6.30. The van der Waals surface area contributed by atoms with Gasteiger partial charge in [0.05, 0.1) is 0 Å². The number of benzene rings is 1. The van der Waals surface area contributed by atoms with Crippen molar-refractivity contribution in [2.45, 2.75) is 32.2 Å². The summed E-state index contributed by atoms with van der Waals surface area (Å²) in [4.78, 5) is 11.0. The van der Waals surface area contributed by atoms with Gasteiger partial charge in [0.25, 0.3) is 0 Å². The minimum Gasteiger partial charge on any atom is -0.327 e. The fraction of sp³-hybridized carbons (Fsp3) is 0.417. The lowest BCUT2D eigenvalue weighted by Crippen LogP contribution is -2.28. The number of hydrogen-bond donors (Lipinski definition) is 2. The third kappa shape index (κ3) is 2.18. The van der Waals surface area contributed by atoms with E-state index in [4.69, 9.17) is 5.73 Å². The van der Waals surface area contributed by atoms with Crippen LogP contribution in [0.3, 0.4) is 0 Å². The van der Waals surface area contributed by atoms with Crippen LogP contribution in [0.25, 0.3) is 0 Å². The zero-order valence-corrected chi connectivity index (χ0v) is 8.92. The van der Waals surface area contributed by atoms with E-state index in [1.165, 1.54) is 18.1 Å². The topological polar surface area (TPSA) is 55.1 Å². The van der Waals surface area contributed by atoms with Gasteiger partial charge in [0.2, 0.25) is 5.91 Å². The molecule has 1 atom stereocenters. The Labute approximate surface area is 89.7 Å². The second kappa shape index (κ2) is 4.03. The van der Waals surface area contributed by atoms with Crippen molar-refractivity contribution in [2.24, 2.45) is 5.73 Å². The standard InChI is InChI=1S/C12H16N2O/c1-8(15)14-12-4-2-3-9-7-10(13)5-6-11(9)12/h2-4,10H,5-7,13H2,1H3,(H,14,15). The Morgan fingerprint density at radius 1 is 1.53 bits per heavy atom. The SMILES string of the molecule is CC(=O)Nc1cccc2c1CCC(N)C2. The lowest BCUT2D eigenvalue weighted by atomic mass is 9.87. The maximum atomic E-state index is 11.0. The predicted molar refractivity (Wildman–Crippen MR) is 60.7 cm³/mol. The molecule has 1 aromatic carbocycles. The Kier molecular flexibility index (Phi) is 2.73. The van der Waals surface area contributed by atoms with E-state index < -0.39 is 0 Å². The van der Waals surface area contributed by atoms with Crippen molar-refractivity contribution in [3.63, 3.8) is 0 Å². The summed E-state index contributed by atoms with van der Waals surface area (Å²) in [5.41, 5.74) is 9.40. The number of hydrogen-bond acceptors (Lipinski definition) is 2. The van der Waals surface area contributed by atoms with E-state index in [9.17, 15) is 4.79 Å². The minimum absolute atomic E-state index is 0.0155. The lowest BCUT2D eigenvalue weighted by Gasteiger charge is -2.23. The van der Waals surface area contributed by atoms with Crippen molar-refractivity contribution in [3.05, 3.63) is 29.3 Å². The van der Waals surface area contributed by atoms with Gasteiger partial charge in [0.1, 0.15) is 0 Å². The first-order valence-electron chi connectivity index (χ1n) is 5.31. The normalized spacial score (nSPS) is 19.5. The van der Waals surface area contributed by atoms with Crippen LogP contribution in [0.4, 0.5) is 5.69 Å². The summed E-state index contributed by atoms with van der Waals surface area (Å²) < 4.78 is 0. The van der Waals surface area contributed by atoms with Crippen LogP contribution in [0, 0.1) is 0 Å². The Morgan fingerprint density at radius 2 is 2.33 bits per heavy atom. The van der Waals surface area contributed by atoms with Crippen molar-refractivity contribution in [3.8, 4) is 0 Å². The molecule has 1 amide bonds. The number of nitrogens with one attached hydrogen (secondary N) is 1. The summed E-state index contributed by atoms with van der Waals surface area (Å²) in [6.07, 6.45) is 2.89. The van der Waals surface area contributed by atoms with Gasteiger partial charge in [-0.15, -0.1) is 0 Å². The van der Waals surface area contributed by atoms with Crippen molar-refractivity contribution in [1.29, 1.82) is 0 Å². The second-order valence-electron chi connectivity index (χ2n) is 4.13. The zero-order valence-electron chi connectivity index (χ0n) is 8.92. The van der Waals surface area contributed by atoms with Gasteiger partial charge < -0.3 is 11.1 Å². The highest BCUT2D eigenvalue weighted by molar-refractivity contribution is 5.89. The molecule has 0 fully saturated rings. The molecule has 0 saturated heterocycles. The zero-order chi connectivity index (χ0) is 10.8. The largest absolute Gasteiger partial charge is 0.327 e. The van der Waals surface area contributed by atoms with Gasteiger partial charge in [-0.1, -0.05) is 12.1 Å². The molecule has 80 valence electrons. The molecule has 0 heterocycles. The molecule has 3 nitrogen and oxygen atoms in total. The second-order valence-corrected chi connectivity index (χ2v) is 4.13. The molecule has 0 radical (unpaired) electrons. The average Bonchev–Trinajstić information content (AvgIpc) is 2.16. The summed E-state index contributed by atoms with van der Waals surface area (Å²) in [7, 11) is 0. The third-order valence-electron chi connectivity index (χ3n) is 2.83. The summed E-state index contributed by atoms with van der Waals surface area (Å²) in [5.74, 6) is -0.0155. The highest BCUT2D eigenvalue weighted by Crippen LogP contribution is 2.27. The summed E-state index contributed by atoms with van der Waals surface area (Å²) in [6.45, 7) is 1.54. The smallest absolute Gasteiger partial charge is 0.221 e.